The highest BCUT2D eigenvalue weighted by atomic mass is 15.2. The van der Waals surface area contributed by atoms with Gasteiger partial charge in [0.15, 0.2) is 5.96 Å². The first-order valence-corrected chi connectivity index (χ1v) is 7.95. The second kappa shape index (κ2) is 7.46. The quantitative estimate of drug-likeness (QED) is 0.661. The molecule has 1 fully saturated rings. The van der Waals surface area contributed by atoms with Crippen LogP contribution in [0.3, 0.4) is 0 Å². The van der Waals surface area contributed by atoms with Crippen molar-refractivity contribution in [3.05, 3.63) is 29.8 Å². The Hall–Kier alpha value is -1.55. The lowest BCUT2D eigenvalue weighted by atomic mass is 10.0. The zero-order valence-corrected chi connectivity index (χ0v) is 13.5. The summed E-state index contributed by atoms with van der Waals surface area (Å²) in [6, 6.07) is 9.26. The van der Waals surface area contributed by atoms with Crippen LogP contribution in [0.1, 0.15) is 38.7 Å². The van der Waals surface area contributed by atoms with Crippen molar-refractivity contribution in [2.24, 2.45) is 10.7 Å². The molecule has 2 rings (SSSR count). The number of nitrogens with two attached hydrogens (primary N) is 1. The first kappa shape index (κ1) is 15.8. The molecule has 2 atom stereocenters. The SMILES string of the molecule is Cc1cccc(NC(N)=NCC(C)N2CCCCC2C)c1. The van der Waals surface area contributed by atoms with Crippen LogP contribution in [0.4, 0.5) is 5.69 Å². The number of anilines is 1. The molecule has 1 aromatic carbocycles. The molecule has 1 aliphatic heterocycles. The first-order chi connectivity index (χ1) is 10.1. The molecule has 0 spiro atoms. The van der Waals surface area contributed by atoms with Crippen LogP contribution in [0.2, 0.25) is 0 Å². The lowest BCUT2D eigenvalue weighted by Gasteiger charge is -2.37. The molecule has 0 aliphatic carbocycles. The Morgan fingerprint density at radius 3 is 3.00 bits per heavy atom. The molecule has 1 saturated heterocycles. The minimum absolute atomic E-state index is 0.443. The van der Waals surface area contributed by atoms with Gasteiger partial charge in [-0.05, 0) is 57.9 Å². The maximum absolute atomic E-state index is 5.99. The molecule has 0 radical (unpaired) electrons. The fourth-order valence-corrected chi connectivity index (χ4v) is 3.02. The average molecular weight is 288 g/mol. The lowest BCUT2D eigenvalue weighted by Crippen LogP contribution is -2.45. The van der Waals surface area contributed by atoms with Crippen LogP contribution in [0, 0.1) is 6.92 Å². The van der Waals surface area contributed by atoms with Crippen LogP contribution in [0.15, 0.2) is 29.3 Å². The first-order valence-electron chi connectivity index (χ1n) is 7.95. The number of nitrogens with zero attached hydrogens (tertiary/aromatic N) is 2. The number of likely N-dealkylation sites (tertiary alicyclic amines) is 1. The van der Waals surface area contributed by atoms with E-state index >= 15 is 0 Å². The van der Waals surface area contributed by atoms with Gasteiger partial charge in [0.1, 0.15) is 0 Å². The molecule has 0 amide bonds. The van der Waals surface area contributed by atoms with E-state index < -0.39 is 0 Å². The van der Waals surface area contributed by atoms with Gasteiger partial charge in [-0.2, -0.15) is 0 Å². The van der Waals surface area contributed by atoms with E-state index in [9.17, 15) is 0 Å². The van der Waals surface area contributed by atoms with Gasteiger partial charge in [0.2, 0.25) is 0 Å². The third-order valence-corrected chi connectivity index (χ3v) is 4.24. The maximum Gasteiger partial charge on any atom is 0.193 e. The molecular weight excluding hydrogens is 260 g/mol. The molecule has 0 bridgehead atoms. The van der Waals surface area contributed by atoms with E-state index in [0.717, 1.165) is 12.2 Å². The molecule has 0 saturated carbocycles. The van der Waals surface area contributed by atoms with Gasteiger partial charge >= 0.3 is 0 Å². The topological polar surface area (TPSA) is 53.6 Å². The van der Waals surface area contributed by atoms with Crippen LogP contribution < -0.4 is 11.1 Å². The van der Waals surface area contributed by atoms with Crippen molar-refractivity contribution in [1.82, 2.24) is 4.90 Å². The van der Waals surface area contributed by atoms with E-state index in [0.29, 0.717) is 18.0 Å². The van der Waals surface area contributed by atoms with Gasteiger partial charge in [-0.15, -0.1) is 0 Å². The fraction of sp³-hybridized carbons (Fsp3) is 0.588. The second-order valence-corrected chi connectivity index (χ2v) is 6.15. The molecule has 3 N–H and O–H groups in total. The van der Waals surface area contributed by atoms with Gasteiger partial charge in [-0.1, -0.05) is 18.6 Å². The number of piperidine rings is 1. The van der Waals surface area contributed by atoms with Crippen molar-refractivity contribution in [3.8, 4) is 0 Å². The standard InChI is InChI=1S/C17H28N4/c1-13-7-6-9-16(11-13)20-17(18)19-12-15(3)21-10-5-4-8-14(21)2/h6-7,9,11,14-15H,4-5,8,10,12H2,1-3H3,(H3,18,19,20). The number of benzene rings is 1. The second-order valence-electron chi connectivity index (χ2n) is 6.15. The van der Waals surface area contributed by atoms with Crippen molar-refractivity contribution in [3.63, 3.8) is 0 Å². The minimum atomic E-state index is 0.443. The third kappa shape index (κ3) is 4.74. The molecule has 21 heavy (non-hydrogen) atoms. The number of hydrogen-bond acceptors (Lipinski definition) is 2. The highest BCUT2D eigenvalue weighted by Crippen LogP contribution is 2.19. The maximum atomic E-state index is 5.99. The van der Waals surface area contributed by atoms with Gasteiger partial charge in [0, 0.05) is 17.8 Å². The summed E-state index contributed by atoms with van der Waals surface area (Å²) in [6.07, 6.45) is 3.95. The molecule has 0 aromatic heterocycles. The Morgan fingerprint density at radius 2 is 2.29 bits per heavy atom. The monoisotopic (exact) mass is 288 g/mol. The van der Waals surface area contributed by atoms with Gasteiger partial charge in [0.25, 0.3) is 0 Å². The summed E-state index contributed by atoms with van der Waals surface area (Å²) in [7, 11) is 0. The number of aryl methyl sites for hydroxylation is 1. The van der Waals surface area contributed by atoms with Gasteiger partial charge in [0.05, 0.1) is 6.54 Å². The molecule has 1 aliphatic rings. The highest BCUT2D eigenvalue weighted by Gasteiger charge is 2.22. The van der Waals surface area contributed by atoms with E-state index in [1.54, 1.807) is 0 Å². The van der Waals surface area contributed by atoms with Crippen LogP contribution in [0.5, 0.6) is 0 Å². The zero-order chi connectivity index (χ0) is 15.2. The summed E-state index contributed by atoms with van der Waals surface area (Å²) in [5.41, 5.74) is 8.20. The molecular formula is C17H28N4. The predicted molar refractivity (Wildman–Crippen MR) is 90.8 cm³/mol. The summed E-state index contributed by atoms with van der Waals surface area (Å²) in [5, 5.41) is 3.16. The molecule has 4 heteroatoms. The average Bonchev–Trinajstić information content (AvgIpc) is 2.45. The van der Waals surface area contributed by atoms with Crippen molar-refractivity contribution in [2.75, 3.05) is 18.4 Å². The smallest absolute Gasteiger partial charge is 0.193 e. The van der Waals surface area contributed by atoms with E-state index in [4.69, 9.17) is 5.73 Å². The van der Waals surface area contributed by atoms with Crippen LogP contribution >= 0.6 is 0 Å². The Morgan fingerprint density at radius 1 is 1.48 bits per heavy atom. The van der Waals surface area contributed by atoms with Gasteiger partial charge in [-0.25, -0.2) is 0 Å². The van der Waals surface area contributed by atoms with Gasteiger partial charge in [-0.3, -0.25) is 9.89 Å². The summed E-state index contributed by atoms with van der Waals surface area (Å²) < 4.78 is 0. The van der Waals surface area contributed by atoms with Crippen molar-refractivity contribution < 1.29 is 0 Å². The summed E-state index contributed by atoms with van der Waals surface area (Å²) >= 11 is 0. The van der Waals surface area contributed by atoms with Crippen LogP contribution in [-0.4, -0.2) is 36.0 Å². The molecule has 2 unspecified atom stereocenters. The number of guanidine groups is 1. The zero-order valence-electron chi connectivity index (χ0n) is 13.5. The number of rotatable bonds is 4. The Kier molecular flexibility index (Phi) is 5.62. The highest BCUT2D eigenvalue weighted by molar-refractivity contribution is 5.92. The number of nitrogens with one attached hydrogen (secondary N) is 1. The normalized spacial score (nSPS) is 22.0. The molecule has 1 heterocycles. The largest absolute Gasteiger partial charge is 0.370 e. The number of hydrogen-bond donors (Lipinski definition) is 2. The molecule has 4 nitrogen and oxygen atoms in total. The fourth-order valence-electron chi connectivity index (χ4n) is 3.02. The number of aliphatic imine (C=N–C) groups is 1. The Balaban J connectivity index is 1.87. The van der Waals surface area contributed by atoms with E-state index in [-0.39, 0.29) is 0 Å². The summed E-state index contributed by atoms with van der Waals surface area (Å²) in [6.45, 7) is 8.55. The summed E-state index contributed by atoms with van der Waals surface area (Å²) in [4.78, 5) is 7.05. The van der Waals surface area contributed by atoms with E-state index in [1.807, 2.05) is 12.1 Å². The van der Waals surface area contributed by atoms with Crippen molar-refractivity contribution in [1.29, 1.82) is 0 Å². The molecule has 1 aromatic rings. The summed E-state index contributed by atoms with van der Waals surface area (Å²) in [5.74, 6) is 0.497. The molecule has 116 valence electrons. The third-order valence-electron chi connectivity index (χ3n) is 4.24. The van der Waals surface area contributed by atoms with Crippen molar-refractivity contribution in [2.45, 2.75) is 52.1 Å². The Labute approximate surface area is 128 Å². The predicted octanol–water partition coefficient (Wildman–Crippen LogP) is 2.98. The van der Waals surface area contributed by atoms with E-state index in [2.05, 4.69) is 48.1 Å². The van der Waals surface area contributed by atoms with Crippen molar-refractivity contribution >= 4 is 11.6 Å². The van der Waals surface area contributed by atoms with Crippen LogP contribution in [-0.2, 0) is 0 Å². The van der Waals surface area contributed by atoms with E-state index in [1.165, 1.54) is 31.4 Å². The Bertz CT molecular complexity index is 483. The van der Waals surface area contributed by atoms with Crippen LogP contribution in [0.25, 0.3) is 0 Å². The lowest BCUT2D eigenvalue weighted by molar-refractivity contribution is 0.118. The van der Waals surface area contributed by atoms with Gasteiger partial charge < -0.3 is 11.1 Å². The minimum Gasteiger partial charge on any atom is -0.370 e.